The summed E-state index contributed by atoms with van der Waals surface area (Å²) in [5.74, 6) is 0.854. The van der Waals surface area contributed by atoms with E-state index in [1.165, 1.54) is 0 Å². The van der Waals surface area contributed by atoms with Gasteiger partial charge in [-0.2, -0.15) is 0 Å². The van der Waals surface area contributed by atoms with Crippen LogP contribution in [-0.4, -0.2) is 78.8 Å². The minimum Gasteiger partial charge on any atom is -0.492 e. The van der Waals surface area contributed by atoms with E-state index < -0.39 is 0 Å². The van der Waals surface area contributed by atoms with Gasteiger partial charge in [0.25, 0.3) is 0 Å². The molecule has 1 heterocycles. The summed E-state index contributed by atoms with van der Waals surface area (Å²) in [5, 5.41) is 12.5. The van der Waals surface area contributed by atoms with Crippen molar-refractivity contribution in [3.63, 3.8) is 0 Å². The maximum absolute atomic E-state index is 12.1. The highest BCUT2D eigenvalue weighted by Gasteiger charge is 2.27. The van der Waals surface area contributed by atoms with E-state index in [2.05, 4.69) is 22.0 Å². The summed E-state index contributed by atoms with van der Waals surface area (Å²) in [6.45, 7) is 8.71. The number of carbonyl (C=O) groups is 1. The minimum absolute atomic E-state index is 0.0375. The van der Waals surface area contributed by atoms with Crippen molar-refractivity contribution in [3.05, 3.63) is 30.3 Å². The van der Waals surface area contributed by atoms with E-state index in [4.69, 9.17) is 4.74 Å². The van der Waals surface area contributed by atoms with Crippen molar-refractivity contribution in [1.29, 1.82) is 0 Å². The number of para-hydroxylation sites is 1. The highest BCUT2D eigenvalue weighted by Crippen LogP contribution is 2.13. The van der Waals surface area contributed by atoms with Crippen LogP contribution in [0.2, 0.25) is 0 Å². The zero-order valence-corrected chi connectivity index (χ0v) is 15.4. The van der Waals surface area contributed by atoms with Gasteiger partial charge in [0.2, 0.25) is 5.91 Å². The molecule has 1 aliphatic heterocycles. The molecule has 0 saturated carbocycles. The molecule has 2 N–H and O–H groups in total. The van der Waals surface area contributed by atoms with Crippen LogP contribution in [0.5, 0.6) is 5.75 Å². The standard InChI is InChI=1S/C19H31N3O3/c1-3-17-14-21(10-11-22(17)13-16(2)23)15-19(24)20-9-12-25-18-7-5-4-6-8-18/h4-8,16-17,23H,3,9-15H2,1-2H3,(H,20,24)/t16-,17-/m0/s1. The number of aliphatic hydroxyl groups excluding tert-OH is 1. The number of β-amino-alcohol motifs (C(OH)–C–C–N with tert-alkyl or cyclic N) is 1. The Balaban J connectivity index is 1.65. The summed E-state index contributed by atoms with van der Waals surface area (Å²) < 4.78 is 5.57. The molecule has 0 aromatic heterocycles. The molecule has 1 aliphatic rings. The van der Waals surface area contributed by atoms with Gasteiger partial charge < -0.3 is 15.2 Å². The highest BCUT2D eigenvalue weighted by atomic mass is 16.5. The van der Waals surface area contributed by atoms with Crippen LogP contribution in [0.1, 0.15) is 20.3 Å². The van der Waals surface area contributed by atoms with Gasteiger partial charge in [-0.25, -0.2) is 0 Å². The predicted octanol–water partition coefficient (Wildman–Crippen LogP) is 0.959. The highest BCUT2D eigenvalue weighted by molar-refractivity contribution is 5.78. The zero-order chi connectivity index (χ0) is 18.1. The summed E-state index contributed by atoms with van der Waals surface area (Å²) in [4.78, 5) is 16.6. The Kier molecular flexibility index (Phi) is 8.18. The van der Waals surface area contributed by atoms with Crippen LogP contribution >= 0.6 is 0 Å². The molecule has 0 aliphatic carbocycles. The minimum atomic E-state index is -0.312. The van der Waals surface area contributed by atoms with Crippen LogP contribution < -0.4 is 10.1 Å². The molecule has 2 atom stereocenters. The van der Waals surface area contributed by atoms with Crippen LogP contribution in [0.3, 0.4) is 0 Å². The molecular weight excluding hydrogens is 318 g/mol. The molecule has 6 nitrogen and oxygen atoms in total. The molecule has 0 radical (unpaired) electrons. The molecule has 0 spiro atoms. The molecule has 2 rings (SSSR count). The fourth-order valence-electron chi connectivity index (χ4n) is 3.20. The maximum Gasteiger partial charge on any atom is 0.234 e. The number of ether oxygens (including phenoxy) is 1. The summed E-state index contributed by atoms with van der Waals surface area (Å²) in [5.41, 5.74) is 0. The zero-order valence-electron chi connectivity index (χ0n) is 15.4. The predicted molar refractivity (Wildman–Crippen MR) is 98.7 cm³/mol. The SMILES string of the molecule is CC[C@H]1CN(CC(=O)NCCOc2ccccc2)CCN1C[C@H](C)O. The van der Waals surface area contributed by atoms with E-state index in [9.17, 15) is 9.90 Å². The van der Waals surface area contributed by atoms with Crippen molar-refractivity contribution in [3.8, 4) is 5.75 Å². The van der Waals surface area contributed by atoms with Gasteiger partial charge in [0.15, 0.2) is 0 Å². The number of rotatable bonds is 9. The largest absolute Gasteiger partial charge is 0.492 e. The van der Waals surface area contributed by atoms with E-state index in [0.29, 0.717) is 32.3 Å². The average Bonchev–Trinajstić information content (AvgIpc) is 2.60. The van der Waals surface area contributed by atoms with Gasteiger partial charge in [0.1, 0.15) is 12.4 Å². The monoisotopic (exact) mass is 349 g/mol. The maximum atomic E-state index is 12.1. The second kappa shape index (κ2) is 10.4. The lowest BCUT2D eigenvalue weighted by molar-refractivity contribution is -0.123. The van der Waals surface area contributed by atoms with E-state index in [1.54, 1.807) is 0 Å². The fourth-order valence-corrected chi connectivity index (χ4v) is 3.20. The van der Waals surface area contributed by atoms with Gasteiger partial charge in [-0.3, -0.25) is 14.6 Å². The first-order valence-electron chi connectivity index (χ1n) is 9.17. The third-order valence-electron chi connectivity index (χ3n) is 4.46. The Labute approximate surface area is 150 Å². The second-order valence-electron chi connectivity index (χ2n) is 6.65. The third kappa shape index (κ3) is 7.02. The molecule has 1 saturated heterocycles. The summed E-state index contributed by atoms with van der Waals surface area (Å²) in [7, 11) is 0. The number of benzene rings is 1. The van der Waals surface area contributed by atoms with Crippen LogP contribution in [0.4, 0.5) is 0 Å². The number of hydrogen-bond donors (Lipinski definition) is 2. The smallest absolute Gasteiger partial charge is 0.234 e. The van der Waals surface area contributed by atoms with Gasteiger partial charge in [0.05, 0.1) is 19.2 Å². The van der Waals surface area contributed by atoms with E-state index in [1.807, 2.05) is 37.3 Å². The molecule has 0 unspecified atom stereocenters. The van der Waals surface area contributed by atoms with Crippen LogP contribution in [-0.2, 0) is 4.79 Å². The van der Waals surface area contributed by atoms with Crippen LogP contribution in [0.25, 0.3) is 0 Å². The summed E-state index contributed by atoms with van der Waals surface area (Å²) in [6.07, 6.45) is 0.712. The number of carbonyl (C=O) groups excluding carboxylic acids is 1. The number of aliphatic hydroxyl groups is 1. The van der Waals surface area contributed by atoms with Gasteiger partial charge in [-0.15, -0.1) is 0 Å². The van der Waals surface area contributed by atoms with Crippen molar-refractivity contribution in [2.24, 2.45) is 0 Å². The Bertz CT molecular complexity index is 510. The molecule has 1 amide bonds. The van der Waals surface area contributed by atoms with Gasteiger partial charge in [0, 0.05) is 32.2 Å². The molecule has 6 heteroatoms. The Morgan fingerprint density at radius 2 is 2.12 bits per heavy atom. The van der Waals surface area contributed by atoms with E-state index in [0.717, 1.165) is 31.8 Å². The number of piperazine rings is 1. The van der Waals surface area contributed by atoms with E-state index >= 15 is 0 Å². The number of nitrogens with zero attached hydrogens (tertiary/aromatic N) is 2. The summed E-state index contributed by atoms with van der Waals surface area (Å²) >= 11 is 0. The number of nitrogens with one attached hydrogen (secondary N) is 1. The van der Waals surface area contributed by atoms with Crippen molar-refractivity contribution < 1.29 is 14.6 Å². The van der Waals surface area contributed by atoms with Crippen molar-refractivity contribution in [2.45, 2.75) is 32.4 Å². The number of hydrogen-bond acceptors (Lipinski definition) is 5. The van der Waals surface area contributed by atoms with E-state index in [-0.39, 0.29) is 12.0 Å². The molecule has 1 aromatic carbocycles. The normalized spacial score (nSPS) is 20.2. The van der Waals surface area contributed by atoms with Crippen molar-refractivity contribution >= 4 is 5.91 Å². The Hall–Kier alpha value is -1.63. The van der Waals surface area contributed by atoms with Gasteiger partial charge in [-0.1, -0.05) is 25.1 Å². The van der Waals surface area contributed by atoms with Gasteiger partial charge in [-0.05, 0) is 25.5 Å². The average molecular weight is 349 g/mol. The molecular formula is C19H31N3O3. The fraction of sp³-hybridized carbons (Fsp3) is 0.632. The first-order chi connectivity index (χ1) is 12.1. The van der Waals surface area contributed by atoms with Crippen LogP contribution in [0.15, 0.2) is 30.3 Å². The molecule has 1 fully saturated rings. The lowest BCUT2D eigenvalue weighted by Gasteiger charge is -2.41. The van der Waals surface area contributed by atoms with Crippen molar-refractivity contribution in [2.75, 3.05) is 45.9 Å². The molecule has 1 aromatic rings. The Morgan fingerprint density at radius 1 is 1.36 bits per heavy atom. The summed E-state index contributed by atoms with van der Waals surface area (Å²) in [6, 6.07) is 10.0. The first-order valence-corrected chi connectivity index (χ1v) is 9.17. The lowest BCUT2D eigenvalue weighted by Crippen LogP contribution is -2.56. The first kappa shape index (κ1) is 19.7. The van der Waals surface area contributed by atoms with Crippen molar-refractivity contribution in [1.82, 2.24) is 15.1 Å². The quantitative estimate of drug-likeness (QED) is 0.650. The molecule has 140 valence electrons. The topological polar surface area (TPSA) is 65.0 Å². The number of amides is 1. The third-order valence-corrected chi connectivity index (χ3v) is 4.46. The molecule has 0 bridgehead atoms. The Morgan fingerprint density at radius 3 is 2.80 bits per heavy atom. The second-order valence-corrected chi connectivity index (χ2v) is 6.65. The van der Waals surface area contributed by atoms with Crippen LogP contribution in [0, 0.1) is 0 Å². The van der Waals surface area contributed by atoms with Gasteiger partial charge >= 0.3 is 0 Å². The lowest BCUT2D eigenvalue weighted by atomic mass is 10.1. The molecule has 25 heavy (non-hydrogen) atoms.